The monoisotopic (exact) mass is 363 g/mol. The van der Waals surface area contributed by atoms with Gasteiger partial charge in [-0.05, 0) is 42.8 Å². The van der Waals surface area contributed by atoms with Gasteiger partial charge >= 0.3 is 6.18 Å². The maximum Gasteiger partial charge on any atom is 0.416 e. The molecule has 0 amide bonds. The molecule has 0 saturated heterocycles. The van der Waals surface area contributed by atoms with Crippen molar-refractivity contribution in [1.29, 1.82) is 0 Å². The van der Waals surface area contributed by atoms with Crippen LogP contribution in [0.3, 0.4) is 0 Å². The highest BCUT2D eigenvalue weighted by Gasteiger charge is 2.30. The van der Waals surface area contributed by atoms with E-state index in [9.17, 15) is 13.2 Å². The lowest BCUT2D eigenvalue weighted by Crippen LogP contribution is -2.05. The van der Waals surface area contributed by atoms with Gasteiger partial charge in [-0.3, -0.25) is 0 Å². The second-order valence-electron chi connectivity index (χ2n) is 5.82. The van der Waals surface area contributed by atoms with Crippen molar-refractivity contribution in [1.82, 2.24) is 9.78 Å². The Morgan fingerprint density at radius 1 is 1.00 bits per heavy atom. The van der Waals surface area contributed by atoms with Crippen molar-refractivity contribution in [3.63, 3.8) is 0 Å². The molecule has 0 radical (unpaired) electrons. The van der Waals surface area contributed by atoms with Crippen LogP contribution in [0.25, 0.3) is 16.9 Å². The summed E-state index contributed by atoms with van der Waals surface area (Å²) in [4.78, 5) is 0. The molecule has 1 aliphatic rings. The first-order valence-corrected chi connectivity index (χ1v) is 8.10. The van der Waals surface area contributed by atoms with Crippen LogP contribution >= 0.6 is 11.6 Å². The minimum Gasteiger partial charge on any atom is -0.369 e. The van der Waals surface area contributed by atoms with Crippen molar-refractivity contribution >= 4 is 17.4 Å². The van der Waals surface area contributed by atoms with E-state index in [0.29, 0.717) is 16.3 Å². The maximum atomic E-state index is 12.8. The fraction of sp³-hybridized carbons (Fsp3) is 0.167. The summed E-state index contributed by atoms with van der Waals surface area (Å²) in [6, 6.07) is 12.4. The summed E-state index contributed by atoms with van der Waals surface area (Å²) in [7, 11) is 0. The van der Waals surface area contributed by atoms with Crippen LogP contribution in [0.5, 0.6) is 0 Å². The maximum absolute atomic E-state index is 12.8. The van der Waals surface area contributed by atoms with Gasteiger partial charge in [0, 0.05) is 22.7 Å². The van der Waals surface area contributed by atoms with E-state index in [2.05, 4.69) is 10.4 Å². The number of rotatable bonds is 2. The van der Waals surface area contributed by atoms with Crippen LogP contribution in [0.1, 0.15) is 11.1 Å². The molecule has 3 aromatic rings. The SMILES string of the molecule is FC(F)(F)c1ccc(-c2nn(-c3ccc(Cl)cc3)c3c2CCN3)cc1. The van der Waals surface area contributed by atoms with Crippen LogP contribution in [0.2, 0.25) is 5.02 Å². The first-order valence-electron chi connectivity index (χ1n) is 7.73. The second kappa shape index (κ2) is 5.81. The van der Waals surface area contributed by atoms with Gasteiger partial charge in [0.15, 0.2) is 0 Å². The Morgan fingerprint density at radius 3 is 2.32 bits per heavy atom. The summed E-state index contributed by atoms with van der Waals surface area (Å²) in [5.41, 5.74) is 2.55. The van der Waals surface area contributed by atoms with Crippen molar-refractivity contribution in [2.75, 3.05) is 11.9 Å². The molecule has 0 saturated carbocycles. The summed E-state index contributed by atoms with van der Waals surface area (Å²) >= 11 is 5.93. The second-order valence-corrected chi connectivity index (χ2v) is 6.25. The zero-order valence-electron chi connectivity index (χ0n) is 12.9. The van der Waals surface area contributed by atoms with Crippen LogP contribution in [0.15, 0.2) is 48.5 Å². The lowest BCUT2D eigenvalue weighted by Gasteiger charge is -2.07. The predicted octanol–water partition coefficient (Wildman–Crippen LogP) is 5.18. The fourth-order valence-corrected chi connectivity index (χ4v) is 3.12. The molecule has 1 aliphatic heterocycles. The van der Waals surface area contributed by atoms with E-state index >= 15 is 0 Å². The predicted molar refractivity (Wildman–Crippen MR) is 91.2 cm³/mol. The third-order valence-corrected chi connectivity index (χ3v) is 4.46. The number of fused-ring (bicyclic) bond motifs is 1. The average molecular weight is 364 g/mol. The topological polar surface area (TPSA) is 29.9 Å². The normalized spacial score (nSPS) is 13.6. The Labute approximate surface area is 147 Å². The molecule has 0 aliphatic carbocycles. The minimum absolute atomic E-state index is 0.628. The van der Waals surface area contributed by atoms with Gasteiger partial charge in [-0.25, -0.2) is 4.68 Å². The van der Waals surface area contributed by atoms with E-state index in [4.69, 9.17) is 11.6 Å². The van der Waals surface area contributed by atoms with Crippen molar-refractivity contribution in [3.05, 3.63) is 64.7 Å². The number of nitrogens with zero attached hydrogens (tertiary/aromatic N) is 2. The zero-order chi connectivity index (χ0) is 17.6. The van der Waals surface area contributed by atoms with E-state index in [-0.39, 0.29) is 0 Å². The van der Waals surface area contributed by atoms with Crippen LogP contribution in [-0.2, 0) is 12.6 Å². The molecule has 3 nitrogen and oxygen atoms in total. The van der Waals surface area contributed by atoms with Crippen LogP contribution in [-0.4, -0.2) is 16.3 Å². The van der Waals surface area contributed by atoms with Crippen molar-refractivity contribution in [3.8, 4) is 16.9 Å². The molecule has 7 heteroatoms. The van der Waals surface area contributed by atoms with E-state index < -0.39 is 11.7 Å². The molecular formula is C18H13ClF3N3. The molecule has 0 fully saturated rings. The number of alkyl halides is 3. The highest BCUT2D eigenvalue weighted by molar-refractivity contribution is 6.30. The van der Waals surface area contributed by atoms with Crippen molar-refractivity contribution in [2.45, 2.75) is 12.6 Å². The molecule has 0 unspecified atom stereocenters. The Balaban J connectivity index is 1.79. The van der Waals surface area contributed by atoms with Gasteiger partial charge < -0.3 is 5.32 Å². The van der Waals surface area contributed by atoms with Gasteiger partial charge in [0.1, 0.15) is 5.82 Å². The molecule has 0 spiro atoms. The molecule has 0 bridgehead atoms. The van der Waals surface area contributed by atoms with Gasteiger partial charge in [-0.1, -0.05) is 23.7 Å². The Kier molecular flexibility index (Phi) is 3.72. The first kappa shape index (κ1) is 16.0. The third kappa shape index (κ3) is 2.87. The van der Waals surface area contributed by atoms with E-state index in [0.717, 1.165) is 42.2 Å². The molecule has 4 rings (SSSR count). The summed E-state index contributed by atoms with van der Waals surface area (Å²) in [5, 5.41) is 8.55. The number of hydrogen-bond acceptors (Lipinski definition) is 2. The van der Waals surface area contributed by atoms with Crippen LogP contribution in [0.4, 0.5) is 19.0 Å². The standard InChI is InChI=1S/C18H13ClF3N3/c19-13-5-7-14(8-6-13)25-17-15(9-10-23-17)16(24-25)11-1-3-12(4-2-11)18(20,21)22/h1-8,23H,9-10H2. The van der Waals surface area contributed by atoms with Gasteiger partial charge in [-0.2, -0.15) is 18.3 Å². The van der Waals surface area contributed by atoms with E-state index in [1.807, 2.05) is 12.1 Å². The molecule has 1 aromatic heterocycles. The summed E-state index contributed by atoms with van der Waals surface area (Å²) in [6.45, 7) is 0.772. The molecule has 0 atom stereocenters. The summed E-state index contributed by atoms with van der Waals surface area (Å²) in [5.74, 6) is 0.872. The smallest absolute Gasteiger partial charge is 0.369 e. The average Bonchev–Trinajstić information content (AvgIpc) is 3.17. The zero-order valence-corrected chi connectivity index (χ0v) is 13.7. The van der Waals surface area contributed by atoms with E-state index in [1.165, 1.54) is 12.1 Å². The number of anilines is 1. The molecule has 2 heterocycles. The lowest BCUT2D eigenvalue weighted by atomic mass is 10.0. The Bertz CT molecular complexity index is 912. The van der Waals surface area contributed by atoms with Gasteiger partial charge in [0.25, 0.3) is 0 Å². The molecule has 2 aromatic carbocycles. The lowest BCUT2D eigenvalue weighted by molar-refractivity contribution is -0.137. The van der Waals surface area contributed by atoms with Crippen molar-refractivity contribution < 1.29 is 13.2 Å². The number of aromatic nitrogens is 2. The number of halogens is 4. The summed E-state index contributed by atoms with van der Waals surface area (Å²) < 4.78 is 40.0. The third-order valence-electron chi connectivity index (χ3n) is 4.21. The largest absolute Gasteiger partial charge is 0.416 e. The Hall–Kier alpha value is -2.47. The Morgan fingerprint density at radius 2 is 1.68 bits per heavy atom. The van der Waals surface area contributed by atoms with Crippen LogP contribution < -0.4 is 5.32 Å². The quantitative estimate of drug-likeness (QED) is 0.680. The number of benzene rings is 2. The minimum atomic E-state index is -4.34. The van der Waals surface area contributed by atoms with Gasteiger partial charge in [0.05, 0.1) is 16.9 Å². The van der Waals surface area contributed by atoms with Gasteiger partial charge in [0.2, 0.25) is 0 Å². The van der Waals surface area contributed by atoms with E-state index in [1.54, 1.807) is 16.8 Å². The van der Waals surface area contributed by atoms with Crippen molar-refractivity contribution in [2.24, 2.45) is 0 Å². The number of hydrogen-bond donors (Lipinski definition) is 1. The molecule has 25 heavy (non-hydrogen) atoms. The molecule has 128 valence electrons. The molecule has 1 N–H and O–H groups in total. The first-order chi connectivity index (χ1) is 11.9. The number of nitrogens with one attached hydrogen (secondary N) is 1. The van der Waals surface area contributed by atoms with Crippen LogP contribution in [0, 0.1) is 0 Å². The fourth-order valence-electron chi connectivity index (χ4n) is 2.99. The van der Waals surface area contributed by atoms with Gasteiger partial charge in [-0.15, -0.1) is 0 Å². The summed E-state index contributed by atoms with van der Waals surface area (Å²) in [6.07, 6.45) is -3.57. The molecular weight excluding hydrogens is 351 g/mol. The highest BCUT2D eigenvalue weighted by atomic mass is 35.5. The highest BCUT2D eigenvalue weighted by Crippen LogP contribution is 2.36.